The zero-order valence-corrected chi connectivity index (χ0v) is 33.2. The summed E-state index contributed by atoms with van der Waals surface area (Å²) in [5.41, 5.74) is 4.58. The molecule has 0 aliphatic rings. The minimum absolute atomic E-state index is 0.0464. The predicted molar refractivity (Wildman–Crippen MR) is 221 cm³/mol. The molecule has 0 aromatic heterocycles. The van der Waals surface area contributed by atoms with E-state index in [0.717, 1.165) is 11.1 Å². The fraction of sp³-hybridized carbons (Fsp3) is 0.350. The normalized spacial score (nSPS) is 12.8. The molecule has 4 rings (SSSR count). The third-order valence-electron chi connectivity index (χ3n) is 9.42. The molecule has 4 aromatic rings. The maximum atomic E-state index is 13.7. The lowest BCUT2D eigenvalue weighted by molar-refractivity contribution is 0.304. The Balaban J connectivity index is 1.82. The van der Waals surface area contributed by atoms with Crippen molar-refractivity contribution in [3.8, 4) is 0 Å². The molecular formula is C40H52N4O2P2S2. The number of hydrogen-bond acceptors (Lipinski definition) is 4. The Morgan fingerprint density at radius 2 is 0.800 bits per heavy atom. The minimum Gasteiger partial charge on any atom is -0.344 e. The fourth-order valence-corrected chi connectivity index (χ4v) is 9.89. The van der Waals surface area contributed by atoms with Crippen molar-refractivity contribution in [2.45, 2.75) is 52.6 Å². The lowest BCUT2D eigenvalue weighted by atomic mass is 9.80. The minimum atomic E-state index is -2.69. The molecule has 0 saturated heterocycles. The second kappa shape index (κ2) is 19.4. The highest BCUT2D eigenvalue weighted by molar-refractivity contribution is 7.81. The topological polar surface area (TPSA) is 64.7 Å². The number of hydrogen-bond donors (Lipinski definition) is 2. The van der Waals surface area contributed by atoms with E-state index in [1.54, 1.807) is 0 Å². The van der Waals surface area contributed by atoms with E-state index in [9.17, 15) is 9.13 Å². The Morgan fingerprint density at radius 3 is 1.08 bits per heavy atom. The van der Waals surface area contributed by atoms with Gasteiger partial charge in [0, 0.05) is 62.7 Å². The average Bonchev–Trinajstić information content (AvgIpc) is 3.16. The van der Waals surface area contributed by atoms with Crippen molar-refractivity contribution in [1.29, 1.82) is 0 Å². The van der Waals surface area contributed by atoms with Gasteiger partial charge in [0.25, 0.3) is 0 Å². The Bertz CT molecular complexity index is 1580. The van der Waals surface area contributed by atoms with Crippen LogP contribution in [-0.2, 0) is 22.2 Å². The molecule has 0 radical (unpaired) electrons. The Kier molecular flexibility index (Phi) is 15.3. The summed E-state index contributed by atoms with van der Waals surface area (Å²) >= 11 is 12.2. The van der Waals surface area contributed by atoms with Crippen LogP contribution in [0.5, 0.6) is 0 Å². The summed E-state index contributed by atoms with van der Waals surface area (Å²) in [6.07, 6.45) is 2.09. The second-order valence-corrected chi connectivity index (χ2v) is 20.0. The van der Waals surface area contributed by atoms with Crippen LogP contribution >= 0.6 is 39.0 Å². The molecule has 0 aliphatic carbocycles. The van der Waals surface area contributed by atoms with Crippen molar-refractivity contribution in [3.05, 3.63) is 144 Å². The zero-order valence-electron chi connectivity index (χ0n) is 29.8. The summed E-state index contributed by atoms with van der Waals surface area (Å²) in [5.74, 6) is -0.0927. The summed E-state index contributed by atoms with van der Waals surface area (Å²) < 4.78 is 27.4. The van der Waals surface area contributed by atoms with Gasteiger partial charge in [0.15, 0.2) is 24.8 Å². The third kappa shape index (κ3) is 11.4. The van der Waals surface area contributed by atoms with E-state index in [1.807, 2.05) is 76.2 Å². The number of nitrogens with zero attached hydrogens (tertiary/aromatic N) is 2. The molecule has 0 aliphatic heterocycles. The van der Waals surface area contributed by atoms with Gasteiger partial charge >= 0.3 is 0 Å². The second-order valence-electron chi connectivity index (χ2n) is 12.6. The van der Waals surface area contributed by atoms with Crippen LogP contribution in [0.2, 0.25) is 0 Å². The first-order valence-corrected chi connectivity index (χ1v) is 22.6. The first-order valence-electron chi connectivity index (χ1n) is 17.6. The molecule has 266 valence electrons. The predicted octanol–water partition coefficient (Wildman–Crippen LogP) is 9.94. The summed E-state index contributed by atoms with van der Waals surface area (Å²) in [4.78, 5) is 4.35. The molecule has 0 spiro atoms. The van der Waals surface area contributed by atoms with Crippen LogP contribution in [0.25, 0.3) is 0 Å². The van der Waals surface area contributed by atoms with Crippen LogP contribution in [0.1, 0.15) is 61.8 Å². The lowest BCUT2D eigenvalue weighted by Gasteiger charge is -2.39. The molecule has 0 saturated carbocycles. The van der Waals surface area contributed by atoms with E-state index in [0.29, 0.717) is 61.1 Å². The number of rotatable bonds is 17. The van der Waals surface area contributed by atoms with Crippen LogP contribution in [0.3, 0.4) is 0 Å². The largest absolute Gasteiger partial charge is 0.344 e. The van der Waals surface area contributed by atoms with Gasteiger partial charge in [-0.2, -0.15) is 0 Å². The number of nitrogens with one attached hydrogen (secondary N) is 2. The van der Waals surface area contributed by atoms with Gasteiger partial charge in [-0.1, -0.05) is 149 Å². The van der Waals surface area contributed by atoms with Gasteiger partial charge in [-0.15, -0.1) is 0 Å². The molecular weight excluding hydrogens is 695 g/mol. The molecule has 4 aromatic carbocycles. The van der Waals surface area contributed by atoms with Crippen molar-refractivity contribution in [2.24, 2.45) is 0 Å². The molecule has 10 heteroatoms. The monoisotopic (exact) mass is 746 g/mol. The van der Waals surface area contributed by atoms with E-state index >= 15 is 0 Å². The van der Waals surface area contributed by atoms with Crippen molar-refractivity contribution >= 4 is 49.2 Å². The van der Waals surface area contributed by atoms with Gasteiger partial charge in [-0.3, -0.25) is 0 Å². The SMILES string of the molecule is CCP(=O)(CC)NC(=S)N(Cc1ccccc1)CC(c1ccccc1)C(CN(Cc1ccccc1)C(=S)NP(=O)(CC)CC)c1ccccc1. The van der Waals surface area contributed by atoms with E-state index < -0.39 is 14.6 Å². The Hall–Kier alpha value is -3.28. The van der Waals surface area contributed by atoms with Crippen LogP contribution in [-0.4, -0.2) is 57.8 Å². The van der Waals surface area contributed by atoms with E-state index in [1.165, 1.54) is 11.1 Å². The van der Waals surface area contributed by atoms with Crippen LogP contribution in [0, 0.1) is 0 Å². The van der Waals surface area contributed by atoms with E-state index in [2.05, 4.69) is 92.8 Å². The summed E-state index contributed by atoms with van der Waals surface area (Å²) in [7, 11) is -5.37. The lowest BCUT2D eigenvalue weighted by Crippen LogP contribution is -2.45. The van der Waals surface area contributed by atoms with Gasteiger partial charge in [0.2, 0.25) is 0 Å². The van der Waals surface area contributed by atoms with E-state index in [-0.39, 0.29) is 11.8 Å². The maximum Gasteiger partial charge on any atom is 0.174 e. The smallest absolute Gasteiger partial charge is 0.174 e. The molecule has 2 unspecified atom stereocenters. The first-order chi connectivity index (χ1) is 24.1. The van der Waals surface area contributed by atoms with Crippen molar-refractivity contribution < 1.29 is 9.13 Å². The molecule has 6 nitrogen and oxygen atoms in total. The molecule has 0 heterocycles. The maximum absolute atomic E-state index is 13.7. The Morgan fingerprint density at radius 1 is 0.520 bits per heavy atom. The highest BCUT2D eigenvalue weighted by atomic mass is 32.1. The Labute approximate surface area is 310 Å². The summed E-state index contributed by atoms with van der Waals surface area (Å²) in [5, 5.41) is 7.64. The van der Waals surface area contributed by atoms with Gasteiger partial charge in [-0.25, -0.2) is 0 Å². The molecule has 2 N–H and O–H groups in total. The van der Waals surface area contributed by atoms with Crippen LogP contribution in [0.15, 0.2) is 121 Å². The zero-order chi connectivity index (χ0) is 36.0. The molecule has 2 atom stereocenters. The van der Waals surface area contributed by atoms with Crippen molar-refractivity contribution in [3.63, 3.8) is 0 Å². The molecule has 0 amide bonds. The number of thiocarbonyl (C=S) groups is 2. The molecule has 0 fully saturated rings. The van der Waals surface area contributed by atoms with Gasteiger partial charge < -0.3 is 29.1 Å². The fourth-order valence-electron chi connectivity index (χ4n) is 6.10. The van der Waals surface area contributed by atoms with Gasteiger partial charge in [0.1, 0.15) is 0 Å². The van der Waals surface area contributed by atoms with Crippen molar-refractivity contribution in [1.82, 2.24) is 20.0 Å². The van der Waals surface area contributed by atoms with Crippen molar-refractivity contribution in [2.75, 3.05) is 37.7 Å². The molecule has 50 heavy (non-hydrogen) atoms. The highest BCUT2D eigenvalue weighted by Crippen LogP contribution is 2.42. The third-order valence-corrected chi connectivity index (χ3v) is 15.8. The van der Waals surface area contributed by atoms with E-state index in [4.69, 9.17) is 24.4 Å². The van der Waals surface area contributed by atoms with Crippen LogP contribution in [0.4, 0.5) is 0 Å². The quantitative estimate of drug-likeness (QED) is 0.0818. The van der Waals surface area contributed by atoms with Gasteiger partial charge in [0.05, 0.1) is 0 Å². The number of benzene rings is 4. The highest BCUT2D eigenvalue weighted by Gasteiger charge is 2.32. The first kappa shape index (κ1) is 39.5. The standard InChI is InChI=1S/C40H52N4O2P2S2/c1-5-47(45,6-2)41-39(49)43(29-33-21-13-9-14-22-33)31-37(35-25-17-11-18-26-35)38(36-27-19-12-20-28-36)32-44(30-34-23-15-10-16-24-34)40(50)42-48(46,7-3)8-4/h9-28,37-38H,5-8,29-32H2,1-4H3,(H,41,45,49)(H,42,46,50). The molecule has 0 bridgehead atoms. The summed E-state index contributed by atoms with van der Waals surface area (Å²) in [6.45, 7) is 10.1. The van der Waals surface area contributed by atoms with Crippen LogP contribution < -0.4 is 10.2 Å². The van der Waals surface area contributed by atoms with Gasteiger partial charge in [-0.05, 0) is 46.7 Å². The average molecular weight is 747 g/mol. The summed E-state index contributed by atoms with van der Waals surface area (Å²) in [6, 6.07) is 41.7.